The van der Waals surface area contributed by atoms with Crippen LogP contribution in [0.25, 0.3) is 0 Å². The minimum Gasteiger partial charge on any atom is -0.497 e. The van der Waals surface area contributed by atoms with Crippen LogP contribution in [0.15, 0.2) is 18.2 Å². The van der Waals surface area contributed by atoms with Gasteiger partial charge in [0.25, 0.3) is 5.91 Å². The molecule has 0 aliphatic rings. The van der Waals surface area contributed by atoms with Gasteiger partial charge in [0, 0.05) is 19.2 Å². The number of hydrogen-bond acceptors (Lipinski definition) is 4. The maximum absolute atomic E-state index is 11.9. The van der Waals surface area contributed by atoms with E-state index < -0.39 is 0 Å². The Labute approximate surface area is 120 Å². The number of likely N-dealkylation sites (N-methyl/N-ethyl adjacent to an activating group) is 1. The van der Waals surface area contributed by atoms with Crippen molar-refractivity contribution in [3.63, 3.8) is 0 Å². The fourth-order valence-corrected chi connectivity index (χ4v) is 1.69. The molecule has 112 valence electrons. The van der Waals surface area contributed by atoms with Crippen molar-refractivity contribution in [2.75, 3.05) is 27.3 Å². The van der Waals surface area contributed by atoms with Crippen LogP contribution in [-0.4, -0.2) is 44.2 Å². The van der Waals surface area contributed by atoms with Crippen LogP contribution in [-0.2, 0) is 11.2 Å². The standard InChI is InChI=1S/C15H24N2O3/c1-11(2)17(3)15(18)10-20-14-9-13(19-4)6-5-12(14)7-8-16/h5-6,9,11H,7-8,10,16H2,1-4H3. The summed E-state index contributed by atoms with van der Waals surface area (Å²) >= 11 is 0. The number of carbonyl (C=O) groups excluding carboxylic acids is 1. The van der Waals surface area contributed by atoms with E-state index >= 15 is 0 Å². The summed E-state index contributed by atoms with van der Waals surface area (Å²) in [5.74, 6) is 1.30. The molecule has 20 heavy (non-hydrogen) atoms. The fraction of sp³-hybridized carbons (Fsp3) is 0.533. The Morgan fingerprint density at radius 3 is 2.65 bits per heavy atom. The van der Waals surface area contributed by atoms with Crippen molar-refractivity contribution in [3.05, 3.63) is 23.8 Å². The van der Waals surface area contributed by atoms with Gasteiger partial charge >= 0.3 is 0 Å². The molecule has 0 bridgehead atoms. The van der Waals surface area contributed by atoms with E-state index in [0.717, 1.165) is 5.56 Å². The number of methoxy groups -OCH3 is 1. The lowest BCUT2D eigenvalue weighted by Crippen LogP contribution is -2.36. The van der Waals surface area contributed by atoms with Gasteiger partial charge in [0.05, 0.1) is 7.11 Å². The minimum absolute atomic E-state index is 0.0133. The highest BCUT2D eigenvalue weighted by Crippen LogP contribution is 2.25. The van der Waals surface area contributed by atoms with Gasteiger partial charge in [-0.05, 0) is 38.4 Å². The lowest BCUT2D eigenvalue weighted by atomic mass is 10.1. The molecule has 2 N–H and O–H groups in total. The number of hydrogen-bond donors (Lipinski definition) is 1. The van der Waals surface area contributed by atoms with Crippen molar-refractivity contribution in [2.45, 2.75) is 26.3 Å². The molecule has 1 aromatic rings. The molecule has 0 unspecified atom stereocenters. The van der Waals surface area contributed by atoms with Crippen LogP contribution in [0.4, 0.5) is 0 Å². The van der Waals surface area contributed by atoms with Crippen molar-refractivity contribution >= 4 is 5.91 Å². The van der Waals surface area contributed by atoms with Crippen LogP contribution >= 0.6 is 0 Å². The highest BCUT2D eigenvalue weighted by Gasteiger charge is 2.14. The molecule has 5 nitrogen and oxygen atoms in total. The van der Waals surface area contributed by atoms with Crippen molar-refractivity contribution in [3.8, 4) is 11.5 Å². The SMILES string of the molecule is COc1ccc(CCN)c(OCC(=O)N(C)C(C)C)c1. The summed E-state index contributed by atoms with van der Waals surface area (Å²) in [5.41, 5.74) is 6.56. The van der Waals surface area contributed by atoms with Crippen LogP contribution in [0.5, 0.6) is 11.5 Å². The van der Waals surface area contributed by atoms with Gasteiger partial charge in [-0.3, -0.25) is 4.79 Å². The number of rotatable bonds is 7. The monoisotopic (exact) mass is 280 g/mol. The predicted octanol–water partition coefficient (Wildman–Crippen LogP) is 1.44. The summed E-state index contributed by atoms with van der Waals surface area (Å²) in [5, 5.41) is 0. The van der Waals surface area contributed by atoms with E-state index in [1.807, 2.05) is 26.0 Å². The zero-order valence-corrected chi connectivity index (χ0v) is 12.7. The molecule has 0 saturated heterocycles. The summed E-state index contributed by atoms with van der Waals surface area (Å²) in [6.45, 7) is 4.47. The maximum atomic E-state index is 11.9. The Bertz CT molecular complexity index is 447. The smallest absolute Gasteiger partial charge is 0.260 e. The third-order valence-corrected chi connectivity index (χ3v) is 3.21. The third-order valence-electron chi connectivity index (χ3n) is 3.21. The molecule has 1 amide bonds. The summed E-state index contributed by atoms with van der Waals surface area (Å²) in [6.07, 6.45) is 0.702. The van der Waals surface area contributed by atoms with E-state index in [0.29, 0.717) is 24.5 Å². The Balaban J connectivity index is 2.77. The molecule has 0 fully saturated rings. The van der Waals surface area contributed by atoms with E-state index in [-0.39, 0.29) is 18.6 Å². The first-order chi connectivity index (χ1) is 9.49. The lowest BCUT2D eigenvalue weighted by molar-refractivity contribution is -0.133. The molecule has 0 aliphatic heterocycles. The summed E-state index contributed by atoms with van der Waals surface area (Å²) < 4.78 is 10.8. The van der Waals surface area contributed by atoms with Crippen LogP contribution in [0.3, 0.4) is 0 Å². The zero-order chi connectivity index (χ0) is 15.1. The molecule has 5 heteroatoms. The van der Waals surface area contributed by atoms with E-state index in [4.69, 9.17) is 15.2 Å². The molecular weight excluding hydrogens is 256 g/mol. The molecule has 1 aromatic carbocycles. The number of benzene rings is 1. The van der Waals surface area contributed by atoms with Gasteiger partial charge in [-0.2, -0.15) is 0 Å². The fourth-order valence-electron chi connectivity index (χ4n) is 1.69. The summed E-state index contributed by atoms with van der Waals surface area (Å²) in [4.78, 5) is 13.6. The second kappa shape index (κ2) is 7.75. The predicted molar refractivity (Wildman–Crippen MR) is 79.2 cm³/mol. The van der Waals surface area contributed by atoms with Crippen molar-refractivity contribution < 1.29 is 14.3 Å². The molecule has 1 rings (SSSR count). The van der Waals surface area contributed by atoms with Crippen molar-refractivity contribution in [1.29, 1.82) is 0 Å². The quantitative estimate of drug-likeness (QED) is 0.821. The highest BCUT2D eigenvalue weighted by molar-refractivity contribution is 5.77. The molecule has 0 heterocycles. The van der Waals surface area contributed by atoms with E-state index in [9.17, 15) is 4.79 Å². The van der Waals surface area contributed by atoms with Gasteiger partial charge in [-0.25, -0.2) is 0 Å². The van der Waals surface area contributed by atoms with Crippen LogP contribution in [0.1, 0.15) is 19.4 Å². The van der Waals surface area contributed by atoms with Gasteiger partial charge < -0.3 is 20.1 Å². The molecule has 0 spiro atoms. The second-order valence-corrected chi connectivity index (χ2v) is 4.90. The summed E-state index contributed by atoms with van der Waals surface area (Å²) in [7, 11) is 3.36. The van der Waals surface area contributed by atoms with Gasteiger partial charge in [0.2, 0.25) is 0 Å². The molecule has 0 aliphatic carbocycles. The van der Waals surface area contributed by atoms with Crippen molar-refractivity contribution in [1.82, 2.24) is 4.90 Å². The third kappa shape index (κ3) is 4.42. The topological polar surface area (TPSA) is 64.8 Å². The van der Waals surface area contributed by atoms with Crippen LogP contribution < -0.4 is 15.2 Å². The number of amides is 1. The number of carbonyl (C=O) groups is 1. The average molecular weight is 280 g/mol. The van der Waals surface area contributed by atoms with Gasteiger partial charge in [-0.15, -0.1) is 0 Å². The largest absolute Gasteiger partial charge is 0.497 e. The normalized spacial score (nSPS) is 10.5. The zero-order valence-electron chi connectivity index (χ0n) is 12.7. The Morgan fingerprint density at radius 2 is 2.10 bits per heavy atom. The molecule has 0 atom stereocenters. The Morgan fingerprint density at radius 1 is 1.40 bits per heavy atom. The van der Waals surface area contributed by atoms with Crippen LogP contribution in [0.2, 0.25) is 0 Å². The average Bonchev–Trinajstić information content (AvgIpc) is 2.45. The molecule has 0 saturated carbocycles. The summed E-state index contributed by atoms with van der Waals surface area (Å²) in [6, 6.07) is 5.71. The Kier molecular flexibility index (Phi) is 6.31. The van der Waals surface area contributed by atoms with Gasteiger partial charge in [0.15, 0.2) is 6.61 Å². The lowest BCUT2D eigenvalue weighted by Gasteiger charge is -2.22. The molecule has 0 aromatic heterocycles. The molecular formula is C15H24N2O3. The number of nitrogens with two attached hydrogens (primary N) is 1. The van der Waals surface area contributed by atoms with Crippen molar-refractivity contribution in [2.24, 2.45) is 5.73 Å². The van der Waals surface area contributed by atoms with Crippen LogP contribution in [0, 0.1) is 0 Å². The Hall–Kier alpha value is -1.75. The number of nitrogens with zero attached hydrogens (tertiary/aromatic N) is 1. The van der Waals surface area contributed by atoms with Gasteiger partial charge in [0.1, 0.15) is 11.5 Å². The highest BCUT2D eigenvalue weighted by atomic mass is 16.5. The van der Waals surface area contributed by atoms with E-state index in [1.54, 1.807) is 25.1 Å². The maximum Gasteiger partial charge on any atom is 0.260 e. The van der Waals surface area contributed by atoms with E-state index in [1.165, 1.54) is 0 Å². The van der Waals surface area contributed by atoms with Gasteiger partial charge in [-0.1, -0.05) is 6.07 Å². The first-order valence-corrected chi connectivity index (χ1v) is 6.75. The second-order valence-electron chi connectivity index (χ2n) is 4.90. The first kappa shape index (κ1) is 16.3. The molecule has 0 radical (unpaired) electrons. The van der Waals surface area contributed by atoms with E-state index in [2.05, 4.69) is 0 Å². The number of ether oxygens (including phenoxy) is 2. The first-order valence-electron chi connectivity index (χ1n) is 6.75. The minimum atomic E-state index is -0.0541.